The number of anilines is 3. The zero-order valence-corrected chi connectivity index (χ0v) is 18.3. The van der Waals surface area contributed by atoms with E-state index < -0.39 is 10.0 Å². The molecular formula is C22H28N4O3S. The van der Waals surface area contributed by atoms with Gasteiger partial charge in [-0.05, 0) is 67.9 Å². The summed E-state index contributed by atoms with van der Waals surface area (Å²) in [5.74, 6) is -0.193. The molecule has 0 aromatic heterocycles. The van der Waals surface area contributed by atoms with Crippen LogP contribution in [0.15, 0.2) is 42.5 Å². The fraction of sp³-hybridized carbons (Fsp3) is 0.409. The Bertz CT molecular complexity index is 1030. The van der Waals surface area contributed by atoms with Crippen molar-refractivity contribution in [2.24, 2.45) is 0 Å². The molecule has 0 saturated carbocycles. The summed E-state index contributed by atoms with van der Waals surface area (Å²) in [6.45, 7) is 4.59. The van der Waals surface area contributed by atoms with E-state index in [1.165, 1.54) is 10.6 Å². The average Bonchev–Trinajstić information content (AvgIpc) is 2.73. The van der Waals surface area contributed by atoms with Crippen LogP contribution in [0.5, 0.6) is 0 Å². The number of amides is 1. The Balaban J connectivity index is 1.45. The number of carbonyl (C=O) groups excluding carboxylic acids is 1. The molecule has 1 fully saturated rings. The Labute approximate surface area is 178 Å². The van der Waals surface area contributed by atoms with E-state index in [1.807, 2.05) is 24.3 Å². The molecule has 8 heteroatoms. The summed E-state index contributed by atoms with van der Waals surface area (Å²) in [5.41, 5.74) is 4.01. The van der Waals surface area contributed by atoms with Crippen LogP contribution in [0.2, 0.25) is 0 Å². The molecule has 2 aromatic carbocycles. The first-order valence-corrected chi connectivity index (χ1v) is 12.1. The van der Waals surface area contributed by atoms with Gasteiger partial charge in [0.25, 0.3) is 5.91 Å². The van der Waals surface area contributed by atoms with Gasteiger partial charge in [-0.2, -0.15) is 0 Å². The zero-order chi connectivity index (χ0) is 21.3. The third-order valence-corrected chi connectivity index (χ3v) is 6.99. The molecule has 0 aliphatic carbocycles. The number of fused-ring (bicyclic) bond motifs is 1. The lowest BCUT2D eigenvalue weighted by Crippen LogP contribution is -2.44. The van der Waals surface area contributed by atoms with Crippen molar-refractivity contribution in [3.63, 3.8) is 0 Å². The van der Waals surface area contributed by atoms with Gasteiger partial charge in [0.15, 0.2) is 0 Å². The quantitative estimate of drug-likeness (QED) is 0.810. The highest BCUT2D eigenvalue weighted by molar-refractivity contribution is 7.92. The Kier molecular flexibility index (Phi) is 5.71. The smallest absolute Gasteiger partial charge is 0.255 e. The monoisotopic (exact) mass is 428 g/mol. The van der Waals surface area contributed by atoms with Gasteiger partial charge in [-0.3, -0.25) is 9.10 Å². The van der Waals surface area contributed by atoms with Crippen molar-refractivity contribution in [3.8, 4) is 0 Å². The van der Waals surface area contributed by atoms with Crippen molar-refractivity contribution >= 4 is 33.0 Å². The topological polar surface area (TPSA) is 73.0 Å². The molecule has 2 aromatic rings. The summed E-state index contributed by atoms with van der Waals surface area (Å²) in [6, 6.07) is 13.2. The van der Waals surface area contributed by atoms with Crippen LogP contribution in [0.25, 0.3) is 0 Å². The lowest BCUT2D eigenvalue weighted by Gasteiger charge is -2.34. The number of hydrogen-bond donors (Lipinski definition) is 1. The summed E-state index contributed by atoms with van der Waals surface area (Å²) >= 11 is 0. The molecular weight excluding hydrogens is 400 g/mol. The number of piperazine rings is 1. The van der Waals surface area contributed by atoms with Gasteiger partial charge in [0.05, 0.1) is 11.9 Å². The number of nitrogens with zero attached hydrogens (tertiary/aromatic N) is 3. The predicted molar refractivity (Wildman–Crippen MR) is 121 cm³/mol. The van der Waals surface area contributed by atoms with Gasteiger partial charge in [-0.1, -0.05) is 0 Å². The van der Waals surface area contributed by atoms with Gasteiger partial charge in [-0.15, -0.1) is 0 Å². The van der Waals surface area contributed by atoms with Crippen LogP contribution >= 0.6 is 0 Å². The van der Waals surface area contributed by atoms with E-state index in [1.54, 1.807) is 18.2 Å². The molecule has 0 radical (unpaired) electrons. The molecule has 30 heavy (non-hydrogen) atoms. The highest BCUT2D eigenvalue weighted by Crippen LogP contribution is 2.30. The molecule has 160 valence electrons. The van der Waals surface area contributed by atoms with Crippen LogP contribution in [0.4, 0.5) is 17.1 Å². The van der Waals surface area contributed by atoms with Crippen LogP contribution in [-0.4, -0.2) is 65.3 Å². The maximum atomic E-state index is 12.7. The highest BCUT2D eigenvalue weighted by atomic mass is 32.2. The van der Waals surface area contributed by atoms with E-state index in [2.05, 4.69) is 22.2 Å². The summed E-state index contributed by atoms with van der Waals surface area (Å²) in [5, 5.41) is 2.95. The molecule has 4 rings (SSSR count). The minimum absolute atomic E-state index is 0.193. The number of nitrogens with one attached hydrogen (secondary N) is 1. The first-order chi connectivity index (χ1) is 14.3. The van der Waals surface area contributed by atoms with Crippen LogP contribution in [0.1, 0.15) is 22.3 Å². The molecule has 2 aliphatic rings. The van der Waals surface area contributed by atoms with Gasteiger partial charge in [0.2, 0.25) is 10.0 Å². The van der Waals surface area contributed by atoms with Gasteiger partial charge in [0, 0.05) is 49.7 Å². The first kappa shape index (κ1) is 20.7. The summed E-state index contributed by atoms with van der Waals surface area (Å²) in [6.07, 6.45) is 2.73. The standard InChI is InChI=1S/C22H28N4O3S/c1-24-12-14-25(15-13-24)20-8-6-19(7-9-20)23-22(27)18-5-10-21-17(16-18)4-3-11-26(21)30(2,28)29/h5-10,16H,3-4,11-15H2,1-2H3,(H,23,27). The summed E-state index contributed by atoms with van der Waals surface area (Å²) < 4.78 is 25.4. The molecule has 1 saturated heterocycles. The molecule has 1 N–H and O–H groups in total. The summed E-state index contributed by atoms with van der Waals surface area (Å²) in [4.78, 5) is 17.4. The van der Waals surface area contributed by atoms with Crippen LogP contribution < -0.4 is 14.5 Å². The normalized spacial score (nSPS) is 17.5. The maximum absolute atomic E-state index is 12.7. The fourth-order valence-corrected chi connectivity index (χ4v) is 5.07. The number of sulfonamides is 1. The van der Waals surface area contributed by atoms with E-state index >= 15 is 0 Å². The third kappa shape index (κ3) is 4.44. The van der Waals surface area contributed by atoms with Crippen molar-refractivity contribution in [2.75, 3.05) is 60.5 Å². The van der Waals surface area contributed by atoms with Gasteiger partial charge < -0.3 is 15.1 Å². The molecule has 2 heterocycles. The van der Waals surface area contributed by atoms with Gasteiger partial charge in [0.1, 0.15) is 0 Å². The largest absolute Gasteiger partial charge is 0.369 e. The van der Waals surface area contributed by atoms with E-state index in [0.717, 1.165) is 56.0 Å². The summed E-state index contributed by atoms with van der Waals surface area (Å²) in [7, 11) is -1.18. The van der Waals surface area contributed by atoms with E-state index in [9.17, 15) is 13.2 Å². The van der Waals surface area contributed by atoms with Crippen LogP contribution in [0, 0.1) is 0 Å². The lowest BCUT2D eigenvalue weighted by atomic mass is 10.0. The average molecular weight is 429 g/mol. The molecule has 0 spiro atoms. The van der Waals surface area contributed by atoms with Crippen molar-refractivity contribution in [2.45, 2.75) is 12.8 Å². The van der Waals surface area contributed by atoms with E-state index in [-0.39, 0.29) is 5.91 Å². The van der Waals surface area contributed by atoms with Crippen molar-refractivity contribution < 1.29 is 13.2 Å². The Morgan fingerprint density at radius 3 is 2.33 bits per heavy atom. The maximum Gasteiger partial charge on any atom is 0.255 e. The van der Waals surface area contributed by atoms with Crippen molar-refractivity contribution in [1.82, 2.24) is 4.90 Å². The Hall–Kier alpha value is -2.58. The zero-order valence-electron chi connectivity index (χ0n) is 17.5. The second-order valence-corrected chi connectivity index (χ2v) is 9.98. The third-order valence-electron chi connectivity index (χ3n) is 5.81. The molecule has 1 amide bonds. The van der Waals surface area contributed by atoms with Crippen molar-refractivity contribution in [1.29, 1.82) is 0 Å². The van der Waals surface area contributed by atoms with Gasteiger partial charge >= 0.3 is 0 Å². The lowest BCUT2D eigenvalue weighted by molar-refractivity contribution is 0.102. The minimum atomic E-state index is -3.31. The molecule has 0 bridgehead atoms. The first-order valence-electron chi connectivity index (χ1n) is 10.3. The number of carbonyl (C=O) groups is 1. The predicted octanol–water partition coefficient (Wildman–Crippen LogP) is 2.40. The van der Waals surface area contributed by atoms with Crippen molar-refractivity contribution in [3.05, 3.63) is 53.6 Å². The van der Waals surface area contributed by atoms with Gasteiger partial charge in [-0.25, -0.2) is 8.42 Å². The van der Waals surface area contributed by atoms with Crippen LogP contribution in [0.3, 0.4) is 0 Å². The molecule has 2 aliphatic heterocycles. The number of aryl methyl sites for hydroxylation is 1. The SMILES string of the molecule is CN1CCN(c2ccc(NC(=O)c3ccc4c(c3)CCCN4S(C)(=O)=O)cc2)CC1. The Morgan fingerprint density at radius 2 is 1.67 bits per heavy atom. The fourth-order valence-electron chi connectivity index (χ4n) is 4.07. The van der Waals surface area contributed by atoms with Crippen LogP contribution in [-0.2, 0) is 16.4 Å². The minimum Gasteiger partial charge on any atom is -0.369 e. The number of rotatable bonds is 4. The second-order valence-electron chi connectivity index (χ2n) is 8.07. The number of likely N-dealkylation sites (N-methyl/N-ethyl adjacent to an activating group) is 1. The second kappa shape index (κ2) is 8.28. The van der Waals surface area contributed by atoms with E-state index in [4.69, 9.17) is 0 Å². The van der Waals surface area contributed by atoms with E-state index in [0.29, 0.717) is 17.8 Å². The molecule has 0 atom stereocenters. The molecule has 0 unspecified atom stereocenters. The number of benzene rings is 2. The Morgan fingerprint density at radius 1 is 0.967 bits per heavy atom. The number of hydrogen-bond acceptors (Lipinski definition) is 5. The molecule has 7 nitrogen and oxygen atoms in total. The highest BCUT2D eigenvalue weighted by Gasteiger charge is 2.24.